The van der Waals surface area contributed by atoms with E-state index in [9.17, 15) is 14.9 Å². The van der Waals surface area contributed by atoms with E-state index in [4.69, 9.17) is 5.11 Å². The lowest BCUT2D eigenvalue weighted by atomic mass is 10.3. The summed E-state index contributed by atoms with van der Waals surface area (Å²) in [5.74, 6) is -0.995. The van der Waals surface area contributed by atoms with Gasteiger partial charge >= 0.3 is 11.7 Å². The Balaban J connectivity index is 2.65. The predicted molar refractivity (Wildman–Crippen MR) is 63.4 cm³/mol. The van der Waals surface area contributed by atoms with Crippen molar-refractivity contribution in [3.8, 4) is 5.82 Å². The Morgan fingerprint density at radius 3 is 2.74 bits per heavy atom. The van der Waals surface area contributed by atoms with E-state index in [1.165, 1.54) is 17.8 Å². The van der Waals surface area contributed by atoms with E-state index in [2.05, 4.69) is 10.2 Å². The van der Waals surface area contributed by atoms with Gasteiger partial charge in [0.05, 0.1) is 16.7 Å². The molecular weight excluding hydrogens is 254 g/mol. The van der Waals surface area contributed by atoms with Gasteiger partial charge in [-0.05, 0) is 13.8 Å². The van der Waals surface area contributed by atoms with Crippen LogP contribution in [0.5, 0.6) is 0 Å². The third-order valence-electron chi connectivity index (χ3n) is 2.60. The summed E-state index contributed by atoms with van der Waals surface area (Å²) < 4.78 is 2.57. The van der Waals surface area contributed by atoms with Crippen LogP contribution in [0.15, 0.2) is 12.4 Å². The summed E-state index contributed by atoms with van der Waals surface area (Å²) in [4.78, 5) is 21.3. The maximum absolute atomic E-state index is 11.1. The third kappa shape index (κ3) is 2.05. The lowest BCUT2D eigenvalue weighted by Crippen LogP contribution is -2.08. The molecule has 0 unspecified atom stereocenters. The monoisotopic (exact) mass is 265 g/mol. The van der Waals surface area contributed by atoms with Crippen molar-refractivity contribution in [2.45, 2.75) is 20.4 Å². The number of hydrogen-bond donors (Lipinski definition) is 1. The summed E-state index contributed by atoms with van der Waals surface area (Å²) in [5, 5.41) is 27.8. The van der Waals surface area contributed by atoms with Crippen molar-refractivity contribution < 1.29 is 14.8 Å². The Hall–Kier alpha value is -2.71. The molecule has 9 nitrogen and oxygen atoms in total. The second-order valence-electron chi connectivity index (χ2n) is 3.81. The van der Waals surface area contributed by atoms with Gasteiger partial charge in [0.15, 0.2) is 0 Å². The van der Waals surface area contributed by atoms with Crippen LogP contribution in [0.2, 0.25) is 0 Å². The number of hydrogen-bond acceptors (Lipinski definition) is 5. The molecule has 0 bridgehead atoms. The minimum Gasteiger partial charge on any atom is -0.478 e. The minimum atomic E-state index is -1.15. The van der Waals surface area contributed by atoms with Gasteiger partial charge < -0.3 is 5.11 Å². The number of nitrogens with zero attached hydrogens (tertiary/aromatic N) is 5. The highest BCUT2D eigenvalue weighted by atomic mass is 16.6. The molecule has 1 N–H and O–H groups in total. The lowest BCUT2D eigenvalue weighted by Gasteiger charge is -2.03. The van der Waals surface area contributed by atoms with Crippen molar-refractivity contribution in [3.63, 3.8) is 0 Å². The van der Waals surface area contributed by atoms with Gasteiger partial charge in [0.1, 0.15) is 5.69 Å². The van der Waals surface area contributed by atoms with Crippen LogP contribution in [0, 0.1) is 17.0 Å². The zero-order valence-corrected chi connectivity index (χ0v) is 10.3. The van der Waals surface area contributed by atoms with E-state index in [1.54, 1.807) is 6.92 Å². The van der Waals surface area contributed by atoms with Crippen LogP contribution < -0.4 is 0 Å². The maximum Gasteiger partial charge on any atom is 0.338 e. The first-order valence-corrected chi connectivity index (χ1v) is 5.45. The van der Waals surface area contributed by atoms with Gasteiger partial charge in [0, 0.05) is 12.7 Å². The second kappa shape index (κ2) is 4.52. The Bertz CT molecular complexity index is 657. The fraction of sp³-hybridized carbons (Fsp3) is 0.300. The van der Waals surface area contributed by atoms with Crippen LogP contribution >= 0.6 is 0 Å². The van der Waals surface area contributed by atoms with Gasteiger partial charge in [0.2, 0.25) is 5.82 Å². The highest BCUT2D eigenvalue weighted by molar-refractivity contribution is 5.87. The van der Waals surface area contributed by atoms with E-state index in [1.807, 2.05) is 0 Å². The molecule has 0 aliphatic carbocycles. The molecule has 2 rings (SSSR count). The third-order valence-corrected chi connectivity index (χ3v) is 2.60. The number of carbonyl (C=O) groups is 1. The van der Waals surface area contributed by atoms with Gasteiger partial charge in [-0.1, -0.05) is 0 Å². The summed E-state index contributed by atoms with van der Waals surface area (Å²) in [6, 6.07) is 0. The van der Waals surface area contributed by atoms with Crippen LogP contribution in [0.3, 0.4) is 0 Å². The van der Waals surface area contributed by atoms with Crippen molar-refractivity contribution in [3.05, 3.63) is 33.8 Å². The molecule has 0 saturated carbocycles. The number of aromatic nitrogens is 4. The number of aryl methyl sites for hydroxylation is 2. The second-order valence-corrected chi connectivity index (χ2v) is 3.81. The zero-order chi connectivity index (χ0) is 14.2. The fourth-order valence-electron chi connectivity index (χ4n) is 1.77. The van der Waals surface area contributed by atoms with E-state index in [0.29, 0.717) is 6.54 Å². The van der Waals surface area contributed by atoms with Gasteiger partial charge in [-0.15, -0.1) is 0 Å². The van der Waals surface area contributed by atoms with Gasteiger partial charge in [-0.2, -0.15) is 10.2 Å². The Morgan fingerprint density at radius 2 is 2.26 bits per heavy atom. The smallest absolute Gasteiger partial charge is 0.338 e. The Kier molecular flexibility index (Phi) is 3.03. The molecule has 2 heterocycles. The van der Waals surface area contributed by atoms with Gasteiger partial charge in [-0.25, -0.2) is 14.2 Å². The molecule has 0 radical (unpaired) electrons. The first-order chi connectivity index (χ1) is 8.95. The largest absolute Gasteiger partial charge is 0.478 e. The molecule has 9 heteroatoms. The van der Waals surface area contributed by atoms with Gasteiger partial charge in [0.25, 0.3) is 0 Å². The normalized spacial score (nSPS) is 10.6. The molecule has 0 fully saturated rings. The van der Waals surface area contributed by atoms with Crippen molar-refractivity contribution in [2.75, 3.05) is 0 Å². The highest BCUT2D eigenvalue weighted by Gasteiger charge is 2.27. The van der Waals surface area contributed by atoms with Crippen LogP contribution in [0.25, 0.3) is 5.82 Å². The summed E-state index contributed by atoms with van der Waals surface area (Å²) in [6.07, 6.45) is 2.35. The molecule has 0 aromatic carbocycles. The van der Waals surface area contributed by atoms with Crippen molar-refractivity contribution in [1.82, 2.24) is 19.6 Å². The Morgan fingerprint density at radius 1 is 1.58 bits per heavy atom. The van der Waals surface area contributed by atoms with Crippen LogP contribution in [0.1, 0.15) is 23.0 Å². The molecule has 0 spiro atoms. The number of aromatic carboxylic acids is 1. The van der Waals surface area contributed by atoms with E-state index < -0.39 is 10.9 Å². The molecular formula is C10H11N5O4. The first-order valence-electron chi connectivity index (χ1n) is 5.45. The van der Waals surface area contributed by atoms with Crippen molar-refractivity contribution >= 4 is 11.7 Å². The van der Waals surface area contributed by atoms with Crippen LogP contribution in [-0.2, 0) is 6.54 Å². The average molecular weight is 265 g/mol. The summed E-state index contributed by atoms with van der Waals surface area (Å²) in [6.45, 7) is 3.71. The molecule has 0 saturated heterocycles. The number of nitro groups is 1. The average Bonchev–Trinajstić information content (AvgIpc) is 2.91. The van der Waals surface area contributed by atoms with E-state index in [-0.39, 0.29) is 22.8 Å². The lowest BCUT2D eigenvalue weighted by molar-refractivity contribution is -0.385. The molecule has 0 atom stereocenters. The molecule has 0 aliphatic rings. The number of carboxylic acid groups (broad SMARTS) is 1. The summed E-state index contributed by atoms with van der Waals surface area (Å²) >= 11 is 0. The van der Waals surface area contributed by atoms with E-state index in [0.717, 1.165) is 10.9 Å². The summed E-state index contributed by atoms with van der Waals surface area (Å²) in [7, 11) is 0. The maximum atomic E-state index is 11.1. The molecule has 2 aromatic heterocycles. The SMILES string of the molecule is CCn1nc(C)c([N+](=O)[O-])c1-n1cc(C(=O)O)cn1. The van der Waals surface area contributed by atoms with Crippen molar-refractivity contribution in [1.29, 1.82) is 0 Å². The minimum absolute atomic E-state index is 0.0456. The Labute approximate surface area is 107 Å². The molecule has 19 heavy (non-hydrogen) atoms. The standard InChI is InChI=1S/C10H11N5O4/c1-3-13-9(8(15(18)19)6(2)12-13)14-5-7(4-11-14)10(16)17/h4-5H,3H2,1-2H3,(H,16,17). The predicted octanol–water partition coefficient (Wildman–Crippen LogP) is 1.00. The highest BCUT2D eigenvalue weighted by Crippen LogP contribution is 2.26. The first kappa shape index (κ1) is 12.7. The number of carboxylic acids is 1. The van der Waals surface area contributed by atoms with Crippen LogP contribution in [-0.4, -0.2) is 35.6 Å². The van der Waals surface area contributed by atoms with Crippen LogP contribution in [0.4, 0.5) is 5.69 Å². The molecule has 0 amide bonds. The molecule has 2 aromatic rings. The fourth-order valence-corrected chi connectivity index (χ4v) is 1.77. The summed E-state index contributed by atoms with van der Waals surface area (Å²) in [5.41, 5.74) is 0.0342. The molecule has 0 aliphatic heterocycles. The zero-order valence-electron chi connectivity index (χ0n) is 10.3. The molecule has 100 valence electrons. The quantitative estimate of drug-likeness (QED) is 0.651. The van der Waals surface area contributed by atoms with E-state index >= 15 is 0 Å². The number of rotatable bonds is 4. The topological polar surface area (TPSA) is 116 Å². The van der Waals surface area contributed by atoms with Crippen molar-refractivity contribution in [2.24, 2.45) is 0 Å². The van der Waals surface area contributed by atoms with Gasteiger partial charge in [-0.3, -0.25) is 10.1 Å².